The highest BCUT2D eigenvalue weighted by Gasteiger charge is 2.38. The summed E-state index contributed by atoms with van der Waals surface area (Å²) in [7, 11) is 0. The predicted octanol–water partition coefficient (Wildman–Crippen LogP) is 2.30. The Morgan fingerprint density at radius 3 is 2.53 bits per heavy atom. The van der Waals surface area contributed by atoms with Crippen molar-refractivity contribution in [3.63, 3.8) is 0 Å². The summed E-state index contributed by atoms with van der Waals surface area (Å²) < 4.78 is 0. The first-order valence-corrected chi connectivity index (χ1v) is 7.16. The lowest BCUT2D eigenvalue weighted by molar-refractivity contribution is 0.148. The van der Waals surface area contributed by atoms with Crippen molar-refractivity contribution in [2.75, 3.05) is 19.6 Å². The Labute approximate surface area is 98.2 Å². The van der Waals surface area contributed by atoms with Crippen LogP contribution in [-0.4, -0.2) is 40.7 Å². The molecule has 1 spiro atoms. The number of rotatable bonds is 1. The van der Waals surface area contributed by atoms with Crippen molar-refractivity contribution in [2.24, 2.45) is 0 Å². The number of nitrogens with zero attached hydrogens (tertiary/aromatic N) is 1. The monoisotopic (exact) mass is 228 g/mol. The SMILES string of the molecule is CC1CCNC2(CCN(C(C)C)CC2)S1. The summed E-state index contributed by atoms with van der Waals surface area (Å²) >= 11 is 2.19. The smallest absolute Gasteiger partial charge is 0.0672 e. The Bertz CT molecular complexity index is 210. The van der Waals surface area contributed by atoms with Crippen molar-refractivity contribution in [3.05, 3.63) is 0 Å². The first-order valence-electron chi connectivity index (χ1n) is 6.28. The maximum absolute atomic E-state index is 3.76. The van der Waals surface area contributed by atoms with Crippen molar-refractivity contribution < 1.29 is 0 Å². The molecule has 0 bridgehead atoms. The molecule has 1 unspecified atom stereocenters. The molecule has 2 heterocycles. The standard InChI is InChI=1S/C12H24N2S/c1-10(2)14-8-5-12(6-9-14)13-7-4-11(3)15-12/h10-11,13H,4-9H2,1-3H3. The van der Waals surface area contributed by atoms with E-state index in [0.717, 1.165) is 5.25 Å². The summed E-state index contributed by atoms with van der Waals surface area (Å²) in [4.78, 5) is 3.02. The van der Waals surface area contributed by atoms with Crippen LogP contribution in [0, 0.1) is 0 Å². The Morgan fingerprint density at radius 2 is 2.00 bits per heavy atom. The van der Waals surface area contributed by atoms with E-state index in [9.17, 15) is 0 Å². The van der Waals surface area contributed by atoms with Gasteiger partial charge in [0.2, 0.25) is 0 Å². The van der Waals surface area contributed by atoms with Gasteiger partial charge in [-0.25, -0.2) is 0 Å². The fraction of sp³-hybridized carbons (Fsp3) is 1.00. The summed E-state index contributed by atoms with van der Waals surface area (Å²) in [6.07, 6.45) is 3.97. The quantitative estimate of drug-likeness (QED) is 0.741. The van der Waals surface area contributed by atoms with E-state index in [1.54, 1.807) is 0 Å². The number of hydrogen-bond donors (Lipinski definition) is 1. The molecule has 1 atom stereocenters. The van der Waals surface area contributed by atoms with Crippen LogP contribution in [0.15, 0.2) is 0 Å². The number of thioether (sulfide) groups is 1. The van der Waals surface area contributed by atoms with Crippen LogP contribution in [0.2, 0.25) is 0 Å². The zero-order chi connectivity index (χ0) is 10.9. The van der Waals surface area contributed by atoms with Crippen molar-refractivity contribution in [1.82, 2.24) is 10.2 Å². The maximum atomic E-state index is 3.76. The molecule has 3 heteroatoms. The lowest BCUT2D eigenvalue weighted by Crippen LogP contribution is -2.55. The van der Waals surface area contributed by atoms with Crippen LogP contribution >= 0.6 is 11.8 Å². The van der Waals surface area contributed by atoms with Crippen molar-refractivity contribution >= 4 is 11.8 Å². The number of hydrogen-bond acceptors (Lipinski definition) is 3. The van der Waals surface area contributed by atoms with Gasteiger partial charge >= 0.3 is 0 Å². The van der Waals surface area contributed by atoms with Gasteiger partial charge in [-0.1, -0.05) is 6.92 Å². The lowest BCUT2D eigenvalue weighted by atomic mass is 10.0. The molecule has 0 aromatic heterocycles. The van der Waals surface area contributed by atoms with Crippen molar-refractivity contribution in [2.45, 2.75) is 56.2 Å². The van der Waals surface area contributed by atoms with Gasteiger partial charge in [0, 0.05) is 24.4 Å². The minimum atomic E-state index is 0.420. The topological polar surface area (TPSA) is 15.3 Å². The molecule has 0 aromatic carbocycles. The molecule has 15 heavy (non-hydrogen) atoms. The average Bonchev–Trinajstić information content (AvgIpc) is 2.18. The van der Waals surface area contributed by atoms with Gasteiger partial charge in [0.15, 0.2) is 0 Å². The normalized spacial score (nSPS) is 32.4. The summed E-state index contributed by atoms with van der Waals surface area (Å²) in [6, 6.07) is 0.716. The first-order chi connectivity index (χ1) is 7.11. The Kier molecular flexibility index (Phi) is 3.63. The van der Waals surface area contributed by atoms with Gasteiger partial charge in [-0.2, -0.15) is 0 Å². The zero-order valence-corrected chi connectivity index (χ0v) is 11.1. The number of nitrogens with one attached hydrogen (secondary N) is 1. The van der Waals surface area contributed by atoms with Gasteiger partial charge in [0.1, 0.15) is 0 Å². The van der Waals surface area contributed by atoms with Crippen LogP contribution in [0.25, 0.3) is 0 Å². The molecule has 0 radical (unpaired) electrons. The van der Waals surface area contributed by atoms with Gasteiger partial charge in [0.05, 0.1) is 4.87 Å². The highest BCUT2D eigenvalue weighted by Crippen LogP contribution is 2.40. The first kappa shape index (κ1) is 11.7. The average molecular weight is 228 g/mol. The summed E-state index contributed by atoms with van der Waals surface area (Å²) in [5.41, 5.74) is 0. The second kappa shape index (κ2) is 4.64. The van der Waals surface area contributed by atoms with Gasteiger partial charge in [-0.05, 0) is 39.7 Å². The van der Waals surface area contributed by atoms with E-state index in [4.69, 9.17) is 0 Å². The molecule has 2 fully saturated rings. The van der Waals surface area contributed by atoms with Crippen molar-refractivity contribution in [3.8, 4) is 0 Å². The number of likely N-dealkylation sites (tertiary alicyclic amines) is 1. The molecule has 2 aliphatic rings. The Balaban J connectivity index is 1.90. The molecule has 0 aromatic rings. The third kappa shape index (κ3) is 2.69. The molecular weight excluding hydrogens is 204 g/mol. The van der Waals surface area contributed by atoms with Crippen LogP contribution in [0.1, 0.15) is 40.0 Å². The van der Waals surface area contributed by atoms with Gasteiger partial charge < -0.3 is 10.2 Å². The highest BCUT2D eigenvalue weighted by atomic mass is 32.2. The zero-order valence-electron chi connectivity index (χ0n) is 10.3. The van der Waals surface area contributed by atoms with Gasteiger partial charge in [0.25, 0.3) is 0 Å². The second-order valence-electron chi connectivity index (χ2n) is 5.27. The van der Waals surface area contributed by atoms with Crippen LogP contribution < -0.4 is 5.32 Å². The predicted molar refractivity (Wildman–Crippen MR) is 68.3 cm³/mol. The van der Waals surface area contributed by atoms with Gasteiger partial charge in [-0.15, -0.1) is 11.8 Å². The number of piperidine rings is 1. The molecule has 2 rings (SSSR count). The van der Waals surface area contributed by atoms with E-state index in [0.29, 0.717) is 10.9 Å². The Morgan fingerprint density at radius 1 is 1.33 bits per heavy atom. The third-order valence-corrected chi connectivity index (χ3v) is 5.40. The van der Waals surface area contributed by atoms with Gasteiger partial charge in [-0.3, -0.25) is 0 Å². The fourth-order valence-electron chi connectivity index (χ4n) is 2.69. The van der Waals surface area contributed by atoms with E-state index in [1.165, 1.54) is 38.9 Å². The molecule has 0 amide bonds. The lowest BCUT2D eigenvalue weighted by Gasteiger charge is -2.47. The molecule has 2 saturated heterocycles. The van der Waals surface area contributed by atoms with Crippen LogP contribution in [0.4, 0.5) is 0 Å². The van der Waals surface area contributed by atoms with Crippen molar-refractivity contribution in [1.29, 1.82) is 0 Å². The molecule has 2 nitrogen and oxygen atoms in total. The fourth-order valence-corrected chi connectivity index (χ4v) is 4.29. The van der Waals surface area contributed by atoms with Crippen LogP contribution in [-0.2, 0) is 0 Å². The van der Waals surface area contributed by atoms with E-state index in [1.807, 2.05) is 0 Å². The summed E-state index contributed by atoms with van der Waals surface area (Å²) in [5, 5.41) is 4.60. The van der Waals surface area contributed by atoms with Crippen LogP contribution in [0.3, 0.4) is 0 Å². The summed E-state index contributed by atoms with van der Waals surface area (Å²) in [6.45, 7) is 10.7. The minimum Gasteiger partial charge on any atom is -0.303 e. The molecule has 88 valence electrons. The van der Waals surface area contributed by atoms with E-state index >= 15 is 0 Å². The third-order valence-electron chi connectivity index (χ3n) is 3.76. The minimum absolute atomic E-state index is 0.420. The molecule has 1 N–H and O–H groups in total. The van der Waals surface area contributed by atoms with E-state index in [-0.39, 0.29) is 0 Å². The van der Waals surface area contributed by atoms with E-state index < -0.39 is 0 Å². The Hall–Kier alpha value is 0.270. The largest absolute Gasteiger partial charge is 0.303 e. The molecule has 2 aliphatic heterocycles. The summed E-state index contributed by atoms with van der Waals surface area (Å²) in [5.74, 6) is 0. The highest BCUT2D eigenvalue weighted by molar-refractivity contribution is 8.01. The molecule has 0 saturated carbocycles. The second-order valence-corrected chi connectivity index (χ2v) is 7.09. The maximum Gasteiger partial charge on any atom is 0.0672 e. The molecule has 0 aliphatic carbocycles. The van der Waals surface area contributed by atoms with E-state index in [2.05, 4.69) is 42.7 Å². The molecular formula is C12H24N2S. The van der Waals surface area contributed by atoms with Crippen LogP contribution in [0.5, 0.6) is 0 Å².